The van der Waals surface area contributed by atoms with Gasteiger partial charge in [0.05, 0.1) is 12.5 Å². The summed E-state index contributed by atoms with van der Waals surface area (Å²) in [5.74, 6) is -1.53. The molecule has 2 amide bonds. The Kier molecular flexibility index (Phi) is 7.38. The van der Waals surface area contributed by atoms with E-state index in [2.05, 4.69) is 5.32 Å². The zero-order valence-electron chi connectivity index (χ0n) is 14.7. The molecule has 0 aromatic heterocycles. The van der Waals surface area contributed by atoms with E-state index < -0.39 is 19.0 Å². The van der Waals surface area contributed by atoms with E-state index in [1.807, 2.05) is 36.4 Å². The number of nitrogens with one attached hydrogen (secondary N) is 1. The maximum absolute atomic E-state index is 12.5. The fraction of sp³-hybridized carbons (Fsp3) is 0.263. The van der Waals surface area contributed by atoms with Gasteiger partial charge in [-0.3, -0.25) is 9.59 Å². The Morgan fingerprint density at radius 2 is 1.62 bits per heavy atom. The van der Waals surface area contributed by atoms with Crippen LogP contribution in [0.3, 0.4) is 0 Å². The van der Waals surface area contributed by atoms with Crippen molar-refractivity contribution in [2.24, 2.45) is 0 Å². The zero-order chi connectivity index (χ0) is 18.9. The minimum absolute atomic E-state index is 0.151. The molecule has 26 heavy (non-hydrogen) atoms. The number of hydrogen-bond donors (Lipinski definition) is 3. The number of likely N-dealkylation sites (N-methyl/N-ethyl adjacent to an activating group) is 1. The Labute approximate surface area is 153 Å². The predicted molar refractivity (Wildman–Crippen MR) is 100 cm³/mol. The SMILES string of the molecule is CCN(CC(=O)N[C@@H](Cc1ccccc1)B(O)O)C(=O)c1ccccc1. The maximum atomic E-state index is 12.5. The molecule has 136 valence electrons. The number of rotatable bonds is 8. The summed E-state index contributed by atoms with van der Waals surface area (Å²) in [6.45, 7) is 2.00. The van der Waals surface area contributed by atoms with Gasteiger partial charge in [0.1, 0.15) is 0 Å². The maximum Gasteiger partial charge on any atom is 0.475 e. The third kappa shape index (κ3) is 5.72. The summed E-state index contributed by atoms with van der Waals surface area (Å²) in [6, 6.07) is 18.0. The highest BCUT2D eigenvalue weighted by Crippen LogP contribution is 2.06. The van der Waals surface area contributed by atoms with Gasteiger partial charge in [-0.15, -0.1) is 0 Å². The van der Waals surface area contributed by atoms with Crippen LogP contribution >= 0.6 is 0 Å². The number of hydrogen-bond acceptors (Lipinski definition) is 4. The van der Waals surface area contributed by atoms with Crippen LogP contribution in [0.25, 0.3) is 0 Å². The topological polar surface area (TPSA) is 89.9 Å². The molecule has 3 N–H and O–H groups in total. The molecule has 1 atom stereocenters. The molecule has 2 aromatic carbocycles. The third-order valence-corrected chi connectivity index (χ3v) is 4.03. The molecule has 0 saturated carbocycles. The molecule has 0 spiro atoms. The van der Waals surface area contributed by atoms with Gasteiger partial charge < -0.3 is 20.3 Å². The fourth-order valence-corrected chi connectivity index (χ4v) is 2.62. The van der Waals surface area contributed by atoms with Crippen molar-refractivity contribution in [3.8, 4) is 0 Å². The molecule has 7 heteroatoms. The van der Waals surface area contributed by atoms with Gasteiger partial charge >= 0.3 is 7.12 Å². The summed E-state index contributed by atoms with van der Waals surface area (Å²) >= 11 is 0. The van der Waals surface area contributed by atoms with Crippen molar-refractivity contribution in [3.63, 3.8) is 0 Å². The quantitative estimate of drug-likeness (QED) is 0.614. The van der Waals surface area contributed by atoms with Crippen LogP contribution in [0, 0.1) is 0 Å². The van der Waals surface area contributed by atoms with Gasteiger partial charge in [-0.2, -0.15) is 0 Å². The van der Waals surface area contributed by atoms with Crippen LogP contribution in [-0.2, 0) is 11.2 Å². The van der Waals surface area contributed by atoms with Crippen LogP contribution in [-0.4, -0.2) is 52.9 Å². The van der Waals surface area contributed by atoms with Crippen LogP contribution in [0.4, 0.5) is 0 Å². The highest BCUT2D eigenvalue weighted by Gasteiger charge is 2.27. The molecule has 2 aromatic rings. The van der Waals surface area contributed by atoms with Gasteiger partial charge in [-0.05, 0) is 31.0 Å². The minimum atomic E-state index is -1.70. The second-order valence-electron chi connectivity index (χ2n) is 5.96. The Bertz CT molecular complexity index is 710. The first kappa shape index (κ1) is 19.7. The Hall–Kier alpha value is -2.64. The highest BCUT2D eigenvalue weighted by atomic mass is 16.4. The van der Waals surface area contributed by atoms with Crippen LogP contribution in [0.2, 0.25) is 0 Å². The number of amides is 2. The van der Waals surface area contributed by atoms with Gasteiger partial charge in [0.25, 0.3) is 5.91 Å². The number of benzene rings is 2. The molecular weight excluding hydrogens is 331 g/mol. The Morgan fingerprint density at radius 3 is 2.15 bits per heavy atom. The van der Waals surface area contributed by atoms with E-state index in [4.69, 9.17) is 0 Å². The van der Waals surface area contributed by atoms with Crippen molar-refractivity contribution in [2.75, 3.05) is 13.1 Å². The van der Waals surface area contributed by atoms with E-state index in [0.717, 1.165) is 5.56 Å². The molecule has 0 radical (unpaired) electrons. The average molecular weight is 354 g/mol. The summed E-state index contributed by atoms with van der Waals surface area (Å²) in [6.07, 6.45) is 0.281. The first-order valence-electron chi connectivity index (χ1n) is 8.55. The number of carbonyl (C=O) groups excluding carboxylic acids is 2. The second kappa shape index (κ2) is 9.75. The summed E-state index contributed by atoms with van der Waals surface area (Å²) in [5.41, 5.74) is 1.38. The normalized spacial score (nSPS) is 11.5. The molecule has 2 rings (SSSR count). The standard InChI is InChI=1S/C19H23BN2O4/c1-2-22(19(24)16-11-7-4-8-12-16)14-18(23)21-17(20(25)26)13-15-9-5-3-6-10-15/h3-12,17,25-26H,2,13-14H2,1H3,(H,21,23)/t17-/m0/s1. The minimum Gasteiger partial charge on any atom is -0.426 e. The molecule has 0 fully saturated rings. The van der Waals surface area contributed by atoms with Crippen molar-refractivity contribution in [3.05, 3.63) is 71.8 Å². The highest BCUT2D eigenvalue weighted by molar-refractivity contribution is 6.43. The van der Waals surface area contributed by atoms with E-state index in [9.17, 15) is 19.6 Å². The van der Waals surface area contributed by atoms with Crippen LogP contribution in [0.1, 0.15) is 22.8 Å². The fourth-order valence-electron chi connectivity index (χ4n) is 2.62. The molecular formula is C19H23BN2O4. The zero-order valence-corrected chi connectivity index (χ0v) is 14.7. The number of nitrogens with zero attached hydrogens (tertiary/aromatic N) is 1. The van der Waals surface area contributed by atoms with Gasteiger partial charge in [0.15, 0.2) is 0 Å². The van der Waals surface area contributed by atoms with E-state index >= 15 is 0 Å². The van der Waals surface area contributed by atoms with Crippen molar-refractivity contribution >= 4 is 18.9 Å². The van der Waals surface area contributed by atoms with Crippen molar-refractivity contribution in [1.82, 2.24) is 10.2 Å². The molecule has 0 heterocycles. The van der Waals surface area contributed by atoms with Crippen molar-refractivity contribution in [2.45, 2.75) is 19.3 Å². The molecule has 0 aliphatic rings. The second-order valence-corrected chi connectivity index (χ2v) is 5.96. The van der Waals surface area contributed by atoms with Crippen LogP contribution < -0.4 is 5.32 Å². The molecule has 0 aliphatic heterocycles. The van der Waals surface area contributed by atoms with E-state index in [1.54, 1.807) is 31.2 Å². The summed E-state index contributed by atoms with van der Waals surface area (Å²) in [4.78, 5) is 26.2. The largest absolute Gasteiger partial charge is 0.475 e. The molecule has 0 bridgehead atoms. The summed E-state index contributed by atoms with van der Waals surface area (Å²) in [5, 5.41) is 21.7. The summed E-state index contributed by atoms with van der Waals surface area (Å²) < 4.78 is 0. The lowest BCUT2D eigenvalue weighted by atomic mass is 9.76. The first-order chi connectivity index (χ1) is 12.5. The Balaban J connectivity index is 1.98. The average Bonchev–Trinajstić information content (AvgIpc) is 2.66. The van der Waals surface area contributed by atoms with Crippen molar-refractivity contribution < 1.29 is 19.6 Å². The van der Waals surface area contributed by atoms with Crippen LogP contribution in [0.5, 0.6) is 0 Å². The van der Waals surface area contributed by atoms with E-state index in [1.165, 1.54) is 4.90 Å². The smallest absolute Gasteiger partial charge is 0.426 e. The Morgan fingerprint density at radius 1 is 1.04 bits per heavy atom. The molecule has 6 nitrogen and oxygen atoms in total. The van der Waals surface area contributed by atoms with E-state index in [0.29, 0.717) is 12.1 Å². The van der Waals surface area contributed by atoms with Gasteiger partial charge in [-0.25, -0.2) is 0 Å². The number of carbonyl (C=O) groups is 2. The van der Waals surface area contributed by atoms with Gasteiger partial charge in [0, 0.05) is 12.1 Å². The van der Waals surface area contributed by atoms with Crippen molar-refractivity contribution in [1.29, 1.82) is 0 Å². The van der Waals surface area contributed by atoms with Gasteiger partial charge in [-0.1, -0.05) is 48.5 Å². The van der Waals surface area contributed by atoms with Crippen LogP contribution in [0.15, 0.2) is 60.7 Å². The molecule has 0 unspecified atom stereocenters. The summed E-state index contributed by atoms with van der Waals surface area (Å²) in [7, 11) is -1.70. The first-order valence-corrected chi connectivity index (χ1v) is 8.55. The lowest BCUT2D eigenvalue weighted by molar-refractivity contribution is -0.122. The van der Waals surface area contributed by atoms with Gasteiger partial charge in [0.2, 0.25) is 5.91 Å². The third-order valence-electron chi connectivity index (χ3n) is 4.03. The van der Waals surface area contributed by atoms with E-state index in [-0.39, 0.29) is 18.9 Å². The predicted octanol–water partition coefficient (Wildman–Crippen LogP) is 0.888. The monoisotopic (exact) mass is 354 g/mol. The molecule has 0 aliphatic carbocycles. The lowest BCUT2D eigenvalue weighted by Crippen LogP contribution is -2.51. The molecule has 0 saturated heterocycles. The lowest BCUT2D eigenvalue weighted by Gasteiger charge is -2.23.